The zero-order chi connectivity index (χ0) is 30.8. The number of carbonyl (C=O) groups is 1. The van der Waals surface area contributed by atoms with Gasteiger partial charge >= 0.3 is 6.16 Å². The van der Waals surface area contributed by atoms with Crippen molar-refractivity contribution < 1.29 is 23.9 Å². The molecule has 1 aromatic carbocycles. The van der Waals surface area contributed by atoms with Crippen LogP contribution in [0.25, 0.3) is 0 Å². The average molecular weight is 596 g/mol. The van der Waals surface area contributed by atoms with Gasteiger partial charge in [-0.25, -0.2) is 4.79 Å². The SMILES string of the molecule is CC(C)CCC[C@@H](C)[C@@H]1CCC2C3CC=C4C[C@@H](OCCOC(=O)Oc5ccc([N+](=O)[O-])cc5)CC[C@]4(C)[C@@H]3CC[C@@]21C. The normalized spacial score (nSPS) is 34.0. The zero-order valence-electron chi connectivity index (χ0n) is 27.0. The quantitative estimate of drug-likeness (QED) is 0.0632. The summed E-state index contributed by atoms with van der Waals surface area (Å²) in [5.41, 5.74) is 2.34. The van der Waals surface area contributed by atoms with Gasteiger partial charge in [0.25, 0.3) is 5.69 Å². The third kappa shape index (κ3) is 6.82. The summed E-state index contributed by atoms with van der Waals surface area (Å²) in [5, 5.41) is 10.8. The van der Waals surface area contributed by atoms with Crippen molar-refractivity contribution in [1.29, 1.82) is 0 Å². The molecule has 5 rings (SSSR count). The Morgan fingerprint density at radius 3 is 2.49 bits per heavy atom. The Bertz CT molecular complexity index is 1160. The Morgan fingerprint density at radius 2 is 1.77 bits per heavy atom. The van der Waals surface area contributed by atoms with E-state index < -0.39 is 11.1 Å². The van der Waals surface area contributed by atoms with Gasteiger partial charge in [-0.1, -0.05) is 65.5 Å². The zero-order valence-corrected chi connectivity index (χ0v) is 27.0. The van der Waals surface area contributed by atoms with E-state index in [1.807, 2.05) is 0 Å². The van der Waals surface area contributed by atoms with Crippen molar-refractivity contribution in [3.05, 3.63) is 46.0 Å². The highest BCUT2D eigenvalue weighted by atomic mass is 16.7. The molecule has 0 saturated heterocycles. The number of carbonyl (C=O) groups excluding carboxylic acids is 1. The lowest BCUT2D eigenvalue weighted by molar-refractivity contribution is -0.384. The van der Waals surface area contributed by atoms with Crippen LogP contribution in [0.3, 0.4) is 0 Å². The maximum Gasteiger partial charge on any atom is 0.513 e. The van der Waals surface area contributed by atoms with E-state index in [9.17, 15) is 14.9 Å². The van der Waals surface area contributed by atoms with Gasteiger partial charge < -0.3 is 14.2 Å². The van der Waals surface area contributed by atoms with E-state index in [2.05, 4.69) is 40.7 Å². The highest BCUT2D eigenvalue weighted by molar-refractivity contribution is 5.63. The first-order valence-corrected chi connectivity index (χ1v) is 16.9. The van der Waals surface area contributed by atoms with Gasteiger partial charge in [0.15, 0.2) is 0 Å². The highest BCUT2D eigenvalue weighted by Crippen LogP contribution is 2.67. The number of ether oxygens (including phenoxy) is 3. The number of benzene rings is 1. The number of nitrogens with zero attached hydrogens (tertiary/aromatic N) is 1. The molecule has 43 heavy (non-hydrogen) atoms. The molecule has 1 aromatic rings. The third-order valence-corrected chi connectivity index (χ3v) is 12.2. The number of hydrogen-bond acceptors (Lipinski definition) is 6. The second kappa shape index (κ2) is 13.3. The van der Waals surface area contributed by atoms with Gasteiger partial charge in [-0.2, -0.15) is 0 Å². The fourth-order valence-corrected chi connectivity index (χ4v) is 9.90. The lowest BCUT2D eigenvalue weighted by Crippen LogP contribution is -2.51. The molecular formula is C36H53NO6. The summed E-state index contributed by atoms with van der Waals surface area (Å²) in [6.45, 7) is 12.9. The average Bonchev–Trinajstić information content (AvgIpc) is 3.32. The van der Waals surface area contributed by atoms with Gasteiger partial charge in [0.2, 0.25) is 0 Å². The van der Waals surface area contributed by atoms with E-state index in [-0.39, 0.29) is 29.6 Å². The second-order valence-corrected chi connectivity index (χ2v) is 15.0. The molecule has 3 saturated carbocycles. The second-order valence-electron chi connectivity index (χ2n) is 15.0. The Morgan fingerprint density at radius 1 is 1.00 bits per heavy atom. The molecule has 0 N–H and O–H groups in total. The highest BCUT2D eigenvalue weighted by Gasteiger charge is 2.59. The smallest absolute Gasteiger partial charge is 0.432 e. The number of rotatable bonds is 11. The Hall–Kier alpha value is -2.41. The number of hydrogen-bond donors (Lipinski definition) is 0. The predicted octanol–water partition coefficient (Wildman–Crippen LogP) is 9.54. The summed E-state index contributed by atoms with van der Waals surface area (Å²) in [5.74, 6) is 5.24. The molecular weight excluding hydrogens is 542 g/mol. The van der Waals surface area contributed by atoms with E-state index in [0.29, 0.717) is 12.0 Å². The fraction of sp³-hybridized carbons (Fsp3) is 0.750. The maximum atomic E-state index is 12.0. The summed E-state index contributed by atoms with van der Waals surface area (Å²) in [7, 11) is 0. The molecule has 0 bridgehead atoms. The van der Waals surface area contributed by atoms with Crippen molar-refractivity contribution in [1.82, 2.24) is 0 Å². The van der Waals surface area contributed by atoms with E-state index in [0.717, 1.165) is 48.3 Å². The number of nitro groups is 1. The summed E-state index contributed by atoms with van der Waals surface area (Å²) in [4.78, 5) is 22.3. The number of fused-ring (bicyclic) bond motifs is 5. The molecule has 2 unspecified atom stereocenters. The van der Waals surface area contributed by atoms with E-state index in [1.165, 1.54) is 82.1 Å². The minimum absolute atomic E-state index is 0.0621. The van der Waals surface area contributed by atoms with Gasteiger partial charge in [0.1, 0.15) is 12.4 Å². The van der Waals surface area contributed by atoms with Crippen LogP contribution in [0.5, 0.6) is 5.75 Å². The largest absolute Gasteiger partial charge is 0.513 e. The molecule has 7 nitrogen and oxygen atoms in total. The molecule has 0 aromatic heterocycles. The van der Waals surface area contributed by atoms with Crippen LogP contribution in [0.1, 0.15) is 105 Å². The van der Waals surface area contributed by atoms with Crippen LogP contribution in [-0.2, 0) is 9.47 Å². The van der Waals surface area contributed by atoms with Crippen LogP contribution < -0.4 is 4.74 Å². The molecule has 4 aliphatic rings. The molecule has 3 fully saturated rings. The van der Waals surface area contributed by atoms with Crippen LogP contribution in [0, 0.1) is 56.5 Å². The summed E-state index contributed by atoms with van der Waals surface area (Å²) in [6.07, 6.45) is 16.1. The topological polar surface area (TPSA) is 87.9 Å². The molecule has 0 heterocycles. The molecule has 0 radical (unpaired) electrons. The van der Waals surface area contributed by atoms with E-state index >= 15 is 0 Å². The van der Waals surface area contributed by atoms with Crippen LogP contribution in [0.15, 0.2) is 35.9 Å². The van der Waals surface area contributed by atoms with Crippen LogP contribution in [0.4, 0.5) is 10.5 Å². The monoisotopic (exact) mass is 595 g/mol. The molecule has 238 valence electrons. The molecule has 0 spiro atoms. The lowest BCUT2D eigenvalue weighted by Gasteiger charge is -2.58. The Labute approximate surface area is 258 Å². The first-order chi connectivity index (χ1) is 20.5. The van der Waals surface area contributed by atoms with Crippen molar-refractivity contribution in [2.24, 2.45) is 46.3 Å². The van der Waals surface area contributed by atoms with E-state index in [1.54, 1.807) is 5.57 Å². The first kappa shape index (κ1) is 32.0. The van der Waals surface area contributed by atoms with Gasteiger partial charge in [-0.05, 0) is 110 Å². The minimum Gasteiger partial charge on any atom is -0.432 e. The molecule has 8 atom stereocenters. The van der Waals surface area contributed by atoms with Gasteiger partial charge in [-0.15, -0.1) is 0 Å². The fourth-order valence-electron chi connectivity index (χ4n) is 9.90. The van der Waals surface area contributed by atoms with Gasteiger partial charge in [0, 0.05) is 12.1 Å². The summed E-state index contributed by atoms with van der Waals surface area (Å²) in [6, 6.07) is 5.34. The van der Waals surface area contributed by atoms with Crippen LogP contribution >= 0.6 is 0 Å². The number of allylic oxidation sites excluding steroid dienone is 1. The van der Waals surface area contributed by atoms with Crippen molar-refractivity contribution in [2.75, 3.05) is 13.2 Å². The van der Waals surface area contributed by atoms with Crippen LogP contribution in [0.2, 0.25) is 0 Å². The third-order valence-electron chi connectivity index (χ3n) is 12.2. The molecule has 0 amide bonds. The van der Waals surface area contributed by atoms with Gasteiger partial charge in [-0.3, -0.25) is 10.1 Å². The van der Waals surface area contributed by atoms with Crippen molar-refractivity contribution in [3.63, 3.8) is 0 Å². The molecule has 7 heteroatoms. The lowest BCUT2D eigenvalue weighted by atomic mass is 9.47. The number of nitro benzene ring substituents is 1. The predicted molar refractivity (Wildman–Crippen MR) is 168 cm³/mol. The van der Waals surface area contributed by atoms with Crippen molar-refractivity contribution in [3.8, 4) is 5.75 Å². The Kier molecular flexibility index (Phi) is 9.89. The van der Waals surface area contributed by atoms with Gasteiger partial charge in [0.05, 0.1) is 17.6 Å². The minimum atomic E-state index is -0.835. The first-order valence-electron chi connectivity index (χ1n) is 16.9. The van der Waals surface area contributed by atoms with E-state index in [4.69, 9.17) is 14.2 Å². The summed E-state index contributed by atoms with van der Waals surface area (Å²) >= 11 is 0. The number of non-ortho nitro benzene ring substituents is 1. The standard InChI is InChI=1S/C36H53NO6/c1-24(2)7-6-8-25(3)31-15-16-32-30-14-9-26-23-29(17-19-35(26,4)33(30)18-20-36(31,32)5)41-21-22-42-34(38)43-28-12-10-27(11-13-28)37(39)40/h9-13,24-25,29-33H,6-8,14-23H2,1-5H3/t25-,29+,30?,31+,32?,33-,35+,36-/m1/s1. The van der Waals surface area contributed by atoms with Crippen molar-refractivity contribution >= 4 is 11.8 Å². The molecule has 4 aliphatic carbocycles. The summed E-state index contributed by atoms with van der Waals surface area (Å²) < 4.78 is 16.5. The molecule has 0 aliphatic heterocycles. The van der Waals surface area contributed by atoms with Crippen LogP contribution in [-0.4, -0.2) is 30.4 Å². The van der Waals surface area contributed by atoms with Crippen molar-refractivity contribution in [2.45, 2.75) is 111 Å². The maximum absolute atomic E-state index is 12.0. The Balaban J connectivity index is 1.10.